The molecule has 2 fully saturated rings. The van der Waals surface area contributed by atoms with Gasteiger partial charge in [-0.2, -0.15) is 0 Å². The lowest BCUT2D eigenvalue weighted by atomic mass is 9.83. The van der Waals surface area contributed by atoms with Crippen LogP contribution in [0.15, 0.2) is 54.1 Å². The topological polar surface area (TPSA) is 350 Å². The van der Waals surface area contributed by atoms with Gasteiger partial charge in [0.2, 0.25) is 17.7 Å². The predicted molar refractivity (Wildman–Crippen MR) is 358 cm³/mol. The maximum absolute atomic E-state index is 14.5. The van der Waals surface area contributed by atoms with Gasteiger partial charge in [0.1, 0.15) is 80.6 Å². The Labute approximate surface area is 569 Å². The van der Waals surface area contributed by atoms with Crippen molar-refractivity contribution in [2.24, 2.45) is 23.5 Å². The highest BCUT2D eigenvalue weighted by Gasteiger charge is 2.64. The van der Waals surface area contributed by atoms with Gasteiger partial charge in [-0.1, -0.05) is 89.8 Å². The summed E-state index contributed by atoms with van der Waals surface area (Å²) < 4.78 is 40.4. The fraction of sp³-hybridized carbons (Fsp3) is 0.615. The Kier molecular flexibility index (Phi) is 29.4. The lowest BCUT2D eigenvalue weighted by Gasteiger charge is -2.42. The molecule has 518 valence electrons. The number of aliphatic hydroxyl groups is 1. The van der Waals surface area contributed by atoms with Gasteiger partial charge in [0.05, 0.1) is 57.4 Å². The number of nitrogens with one attached hydrogen (secondary N) is 6. The van der Waals surface area contributed by atoms with Crippen molar-refractivity contribution in [2.75, 3.05) is 78.0 Å². The monoisotopic (exact) mass is 1370 g/mol. The summed E-state index contributed by atoms with van der Waals surface area (Å²) in [6.07, 6.45) is 2.07. The van der Waals surface area contributed by atoms with Crippen molar-refractivity contribution in [3.05, 3.63) is 70.3 Å². The van der Waals surface area contributed by atoms with Crippen molar-refractivity contribution in [3.63, 3.8) is 0 Å². The summed E-state index contributed by atoms with van der Waals surface area (Å²) >= 11 is 15.1. The van der Waals surface area contributed by atoms with Crippen molar-refractivity contribution in [3.8, 4) is 11.5 Å². The molecule has 26 nitrogen and oxygen atoms in total. The largest absolute Gasteiger partial charge is 0.506 e. The van der Waals surface area contributed by atoms with Crippen LogP contribution in [0, 0.1) is 17.8 Å². The van der Waals surface area contributed by atoms with Crippen LogP contribution in [0.2, 0.25) is 9.30 Å². The number of nitrogens with two attached hydrogens (primary N) is 1. The van der Waals surface area contributed by atoms with Crippen LogP contribution in [0.1, 0.15) is 123 Å². The zero-order chi connectivity index (χ0) is 70.0. The van der Waals surface area contributed by atoms with Crippen LogP contribution < -0.4 is 47.3 Å². The number of ether oxygens (including phenoxy) is 7. The first-order valence-corrected chi connectivity index (χ1v) is 33.0. The van der Waals surface area contributed by atoms with E-state index < -0.39 is 118 Å². The van der Waals surface area contributed by atoms with Crippen LogP contribution in [0.3, 0.4) is 0 Å². The molecular formula is C65H95AlClN9O17S. The number of benzene rings is 2. The van der Waals surface area contributed by atoms with E-state index in [4.69, 9.17) is 62.7 Å². The number of urea groups is 1. The number of likely N-dealkylation sites (N-methyl/N-ethyl adjacent to an activating group) is 1. The molecular weight excluding hydrogens is 1270 g/mol. The van der Waals surface area contributed by atoms with E-state index in [0.29, 0.717) is 30.9 Å². The van der Waals surface area contributed by atoms with Crippen LogP contribution in [0.4, 0.5) is 21.0 Å². The molecule has 29 heteroatoms. The molecule has 3 aliphatic rings. The van der Waals surface area contributed by atoms with Crippen LogP contribution in [-0.4, -0.2) is 206 Å². The number of carbonyl (C=O) groups is 8. The number of ketones is 1. The first-order valence-electron chi connectivity index (χ1n) is 31.6. The van der Waals surface area contributed by atoms with Crippen LogP contribution in [-0.2, 0) is 58.8 Å². The number of esters is 1. The maximum Gasteiger partial charge on any atom is 0.409 e. The molecule has 0 spiro atoms. The van der Waals surface area contributed by atoms with Gasteiger partial charge in [0, 0.05) is 58.6 Å². The van der Waals surface area contributed by atoms with Crippen molar-refractivity contribution < 1.29 is 81.7 Å². The zero-order valence-electron chi connectivity index (χ0n) is 56.1. The van der Waals surface area contributed by atoms with Gasteiger partial charge in [-0.3, -0.25) is 24.5 Å². The van der Waals surface area contributed by atoms with Gasteiger partial charge in [-0.05, 0) is 104 Å². The van der Waals surface area contributed by atoms with Gasteiger partial charge in [0.15, 0.2) is 10.8 Å². The van der Waals surface area contributed by atoms with Crippen LogP contribution in [0.5, 0.6) is 11.5 Å². The third-order valence-corrected chi connectivity index (χ3v) is 19.3. The van der Waals surface area contributed by atoms with E-state index in [1.807, 2.05) is 26.8 Å². The number of methoxy groups -OCH3 is 2. The van der Waals surface area contributed by atoms with E-state index in [1.165, 1.54) is 52.3 Å². The number of Topliss-reactive ketones (excluding diaryl/α,β-unsaturated/α-hetero) is 1. The molecule has 0 aromatic heterocycles. The van der Waals surface area contributed by atoms with Crippen molar-refractivity contribution in [1.29, 1.82) is 0 Å². The average molecular weight is 1370 g/mol. The molecule has 4 bridgehead atoms. The lowest BCUT2D eigenvalue weighted by Crippen LogP contribution is -2.63. The quantitative estimate of drug-likeness (QED) is 0.0118. The van der Waals surface area contributed by atoms with Gasteiger partial charge in [-0.25, -0.2) is 14.4 Å². The van der Waals surface area contributed by atoms with Gasteiger partial charge in [-0.15, -0.1) is 0 Å². The Bertz CT molecular complexity index is 3110. The molecule has 11 atom stereocenters. The molecule has 5 rings (SSSR count). The normalized spacial score (nSPS) is 23.9. The highest BCUT2D eigenvalue weighted by Crippen LogP contribution is 2.49. The summed E-state index contributed by atoms with van der Waals surface area (Å²) in [4.78, 5) is 111. The third kappa shape index (κ3) is 20.9. The number of anilines is 2. The second kappa shape index (κ2) is 35.4. The highest BCUT2D eigenvalue weighted by atomic mass is 35.5. The summed E-state index contributed by atoms with van der Waals surface area (Å²) in [5, 5.41) is 39.9. The number of thiocarbonyl (C=S) groups is 1. The number of amides is 7. The summed E-state index contributed by atoms with van der Waals surface area (Å²) in [5.74, 6) is -4.50. The fourth-order valence-corrected chi connectivity index (χ4v) is 12.2. The Morgan fingerprint density at radius 3 is 2.32 bits per heavy atom. The molecule has 2 saturated heterocycles. The smallest absolute Gasteiger partial charge is 0.409 e. The molecule has 0 aliphatic carbocycles. The minimum Gasteiger partial charge on any atom is -0.506 e. The zero-order valence-corrected chi connectivity index (χ0v) is 58.9. The number of hydrogen-bond donors (Lipinski definition) is 9. The number of phenolic OH excluding ortho intramolecular Hbond substituents is 1. The molecule has 2 radical (unpaired) electrons. The number of aromatic hydroxyl groups is 1. The van der Waals surface area contributed by atoms with Crippen molar-refractivity contribution in [2.45, 2.75) is 172 Å². The third-order valence-electron chi connectivity index (χ3n) is 17.4. The Morgan fingerprint density at radius 2 is 1.69 bits per heavy atom. The SMILES string of the molecule is CCC[C]([Al])(C(=O)CCOCCOCCNC(=S)N[C@H](C(=O)N[C@@H](CCCNC(N)=O)C(=O)Nc1ccc(C(=O)N(C)[C@@H](C)C(=O)O[C@H]2CC(=O)N(C)c3cc(cc(OC)c3Cl)C/C(C)=C/C=C/[C@@H](OC)[C@@]3(O)C[C@H](OC(=O)N3)[C@@H](C)[C@@H]3O[C@@]23C)cc1O)C(C)C)C(C)C. The molecule has 7 amide bonds. The number of hydrogen-bond acceptors (Lipinski definition) is 18. The molecule has 1 unspecified atom stereocenters. The van der Waals surface area contributed by atoms with E-state index >= 15 is 0 Å². The molecule has 10 N–H and O–H groups in total. The summed E-state index contributed by atoms with van der Waals surface area (Å²) in [6.45, 7) is 17.9. The van der Waals surface area contributed by atoms with E-state index in [0.717, 1.165) is 34.9 Å². The van der Waals surface area contributed by atoms with Crippen LogP contribution >= 0.6 is 23.8 Å². The van der Waals surface area contributed by atoms with E-state index in [1.54, 1.807) is 52.0 Å². The minimum atomic E-state index is -1.93. The number of primary amides is 1. The standard InChI is InChI=1S/C65H95ClN9O17S.Al/c1-14-17-43(36(2)3)47(76)23-26-88-28-29-89-27-25-69-62(93)72-55(37(4)5)58(80)71-45(19-16-24-68-61(67)83)57(79)70-44-22-21-42(33-48(44)77)59(81)74(10)40(8)60(82)91-52-34-53(78)75(11)46-31-41(32-49(86-12)54(46)66)30-38(6)18-15-20-51(87-13)65(85)35-50(90-63(84)73-65)39(7)56-64(52,9)92-56;/h15,18,20-22,31-33,36-37,39-40,45,50-52,55-56,77,85H,14,16-17,19,23-30,34-35H2,1-13H3,(H,70,79)(H,71,80)(H,73,84)(H3,67,68,83)(H2,69,72,93);/b20-15+,38-18+;/t39-,40+,45+,50+,51-,52+,55+,56+,64+,65+;/m1./s1. The molecule has 3 aliphatic heterocycles. The van der Waals surface area contributed by atoms with Gasteiger partial charge < -0.3 is 90.3 Å². The number of phenols is 1. The van der Waals surface area contributed by atoms with E-state index in [-0.39, 0.29) is 91.2 Å². The summed E-state index contributed by atoms with van der Waals surface area (Å²) in [6, 6.07) is 2.87. The molecule has 94 heavy (non-hydrogen) atoms. The number of allylic oxidation sites excluding steroid dienone is 3. The van der Waals surface area contributed by atoms with E-state index in [9.17, 15) is 48.6 Å². The Morgan fingerprint density at radius 1 is 1.00 bits per heavy atom. The number of epoxide rings is 1. The first-order chi connectivity index (χ1) is 44.2. The Balaban J connectivity index is 1.26. The number of carbonyl (C=O) groups excluding carboxylic acids is 8. The second-order valence-electron chi connectivity index (χ2n) is 25.0. The summed E-state index contributed by atoms with van der Waals surface area (Å²) in [5.41, 5.74) is 3.61. The Hall–Kier alpha value is -6.61. The molecule has 0 saturated carbocycles. The number of alkyl carbamates (subject to hydrolysis) is 1. The van der Waals surface area contributed by atoms with Gasteiger partial charge in [0.25, 0.3) is 5.91 Å². The maximum atomic E-state index is 14.5. The summed E-state index contributed by atoms with van der Waals surface area (Å²) in [7, 11) is 5.69. The number of halogens is 1. The fourth-order valence-electron chi connectivity index (χ4n) is 11.3. The van der Waals surface area contributed by atoms with Crippen LogP contribution in [0.25, 0.3) is 0 Å². The highest BCUT2D eigenvalue weighted by molar-refractivity contribution is 7.80. The van der Waals surface area contributed by atoms with Gasteiger partial charge >= 0.3 is 18.1 Å². The number of nitrogens with zero attached hydrogens (tertiary/aromatic N) is 2. The van der Waals surface area contributed by atoms with Crippen molar-refractivity contribution >= 4 is 104 Å². The number of fused-ring (bicyclic) bond motifs is 5. The molecule has 2 aromatic carbocycles. The molecule has 2 aromatic rings. The number of rotatable bonds is 29. The minimum absolute atomic E-state index is 0.00519. The predicted octanol–water partition coefficient (Wildman–Crippen LogP) is 5.67. The van der Waals surface area contributed by atoms with E-state index in [2.05, 4.69) is 55.1 Å². The molecule has 3 heterocycles. The lowest BCUT2D eigenvalue weighted by molar-refractivity contribution is -0.158. The second-order valence-corrected chi connectivity index (χ2v) is 26.8. The average Bonchev–Trinajstić information content (AvgIpc) is 1.57. The van der Waals surface area contributed by atoms with Crippen molar-refractivity contribution in [1.82, 2.24) is 31.5 Å². The first kappa shape index (κ1) is 78.1.